The molecule has 1 aromatic carbocycles. The van der Waals surface area contributed by atoms with Crippen LogP contribution in [0.5, 0.6) is 0 Å². The quantitative estimate of drug-likeness (QED) is 0.787. The minimum atomic E-state index is -0.336. The summed E-state index contributed by atoms with van der Waals surface area (Å²) in [5.41, 5.74) is 0.870. The molecule has 0 aliphatic rings. The van der Waals surface area contributed by atoms with E-state index >= 15 is 0 Å². The van der Waals surface area contributed by atoms with Gasteiger partial charge >= 0.3 is 0 Å². The van der Waals surface area contributed by atoms with Gasteiger partial charge in [0.05, 0.1) is 5.02 Å². The van der Waals surface area contributed by atoms with Crippen LogP contribution in [0.3, 0.4) is 0 Å². The van der Waals surface area contributed by atoms with Gasteiger partial charge in [-0.15, -0.1) is 0 Å². The number of benzene rings is 1. The van der Waals surface area contributed by atoms with Crippen LogP contribution >= 0.6 is 11.6 Å². The Labute approximate surface area is 108 Å². The van der Waals surface area contributed by atoms with Crippen molar-refractivity contribution < 1.29 is 4.39 Å². The Balaban J connectivity index is 2.85. The first-order valence-electron chi connectivity index (χ1n) is 6.23. The lowest BCUT2D eigenvalue weighted by atomic mass is 9.97. The van der Waals surface area contributed by atoms with Crippen LogP contribution in [-0.2, 0) is 0 Å². The standard InChI is InChI=1S/C14H21ClFN/c1-4-17-13(9-8-10(2)3)11-6-5-7-12(16)14(11)15/h5-7,10,13,17H,4,8-9H2,1-3H3. The summed E-state index contributed by atoms with van der Waals surface area (Å²) >= 11 is 6.02. The van der Waals surface area contributed by atoms with Crippen LogP contribution in [0.1, 0.15) is 45.2 Å². The first kappa shape index (κ1) is 14.5. The van der Waals surface area contributed by atoms with Gasteiger partial charge in [-0.3, -0.25) is 0 Å². The van der Waals surface area contributed by atoms with E-state index in [0.29, 0.717) is 5.92 Å². The molecule has 0 aliphatic carbocycles. The molecule has 17 heavy (non-hydrogen) atoms. The molecule has 3 heteroatoms. The van der Waals surface area contributed by atoms with E-state index in [-0.39, 0.29) is 16.9 Å². The van der Waals surface area contributed by atoms with E-state index in [1.807, 2.05) is 6.07 Å². The molecule has 1 N–H and O–H groups in total. The lowest BCUT2D eigenvalue weighted by molar-refractivity contribution is 0.447. The topological polar surface area (TPSA) is 12.0 Å². The summed E-state index contributed by atoms with van der Waals surface area (Å²) in [6.45, 7) is 7.29. The second-order valence-electron chi connectivity index (χ2n) is 4.72. The highest BCUT2D eigenvalue weighted by molar-refractivity contribution is 6.31. The van der Waals surface area contributed by atoms with Crippen molar-refractivity contribution in [3.8, 4) is 0 Å². The fourth-order valence-corrected chi connectivity index (χ4v) is 2.16. The lowest BCUT2D eigenvalue weighted by Gasteiger charge is -2.20. The molecule has 1 rings (SSSR count). The molecule has 1 atom stereocenters. The molecule has 0 spiro atoms. The van der Waals surface area contributed by atoms with E-state index < -0.39 is 0 Å². The Morgan fingerprint density at radius 3 is 2.59 bits per heavy atom. The fraction of sp³-hybridized carbons (Fsp3) is 0.571. The Kier molecular flexibility index (Phi) is 5.93. The third kappa shape index (κ3) is 4.29. The summed E-state index contributed by atoms with van der Waals surface area (Å²) in [4.78, 5) is 0. The highest BCUT2D eigenvalue weighted by Gasteiger charge is 2.16. The first-order chi connectivity index (χ1) is 8.06. The van der Waals surface area contributed by atoms with Crippen molar-refractivity contribution in [2.75, 3.05) is 6.54 Å². The van der Waals surface area contributed by atoms with Crippen LogP contribution in [0.2, 0.25) is 5.02 Å². The summed E-state index contributed by atoms with van der Waals surface area (Å²) in [6.07, 6.45) is 2.08. The fourth-order valence-electron chi connectivity index (χ4n) is 1.90. The second-order valence-corrected chi connectivity index (χ2v) is 5.10. The average molecular weight is 258 g/mol. The van der Waals surface area contributed by atoms with Crippen molar-refractivity contribution in [3.05, 3.63) is 34.6 Å². The van der Waals surface area contributed by atoms with Gasteiger partial charge < -0.3 is 5.32 Å². The Morgan fingerprint density at radius 2 is 2.00 bits per heavy atom. The molecule has 0 radical (unpaired) electrons. The van der Waals surface area contributed by atoms with Gasteiger partial charge in [-0.05, 0) is 36.9 Å². The molecule has 0 heterocycles. The van der Waals surface area contributed by atoms with Crippen LogP contribution in [0.25, 0.3) is 0 Å². The molecule has 0 aliphatic heterocycles. The van der Waals surface area contributed by atoms with E-state index in [0.717, 1.165) is 24.9 Å². The van der Waals surface area contributed by atoms with E-state index in [4.69, 9.17) is 11.6 Å². The van der Waals surface area contributed by atoms with Crippen LogP contribution in [-0.4, -0.2) is 6.54 Å². The van der Waals surface area contributed by atoms with E-state index in [2.05, 4.69) is 26.1 Å². The van der Waals surface area contributed by atoms with E-state index in [1.54, 1.807) is 6.07 Å². The van der Waals surface area contributed by atoms with Crippen LogP contribution in [0, 0.1) is 11.7 Å². The molecule has 1 nitrogen and oxygen atoms in total. The van der Waals surface area contributed by atoms with Gasteiger partial charge in [0.2, 0.25) is 0 Å². The highest BCUT2D eigenvalue weighted by atomic mass is 35.5. The van der Waals surface area contributed by atoms with Gasteiger partial charge in [0.1, 0.15) is 5.82 Å². The monoisotopic (exact) mass is 257 g/mol. The van der Waals surface area contributed by atoms with Gasteiger partial charge in [0.15, 0.2) is 0 Å². The average Bonchev–Trinajstić information content (AvgIpc) is 2.28. The SMILES string of the molecule is CCNC(CCC(C)C)c1cccc(F)c1Cl. The normalized spacial score (nSPS) is 13.1. The molecule has 0 saturated carbocycles. The van der Waals surface area contributed by atoms with Gasteiger partial charge in [0.25, 0.3) is 0 Å². The largest absolute Gasteiger partial charge is 0.310 e. The molecule has 1 aromatic rings. The summed E-state index contributed by atoms with van der Waals surface area (Å²) in [5.74, 6) is 0.306. The van der Waals surface area contributed by atoms with Crippen molar-refractivity contribution in [1.82, 2.24) is 5.32 Å². The number of hydrogen-bond donors (Lipinski definition) is 1. The molecule has 96 valence electrons. The third-order valence-corrected chi connectivity index (χ3v) is 3.24. The maximum absolute atomic E-state index is 13.4. The molecular formula is C14H21ClFN. The van der Waals surface area contributed by atoms with Gasteiger partial charge in [0, 0.05) is 6.04 Å². The molecular weight excluding hydrogens is 237 g/mol. The smallest absolute Gasteiger partial charge is 0.142 e. The predicted octanol–water partition coefficient (Wildman–Crippen LogP) is 4.57. The summed E-state index contributed by atoms with van der Waals surface area (Å²) in [7, 11) is 0. The van der Waals surface area contributed by atoms with E-state index in [1.165, 1.54) is 6.07 Å². The Morgan fingerprint density at radius 1 is 1.29 bits per heavy atom. The number of nitrogens with one attached hydrogen (secondary N) is 1. The van der Waals surface area contributed by atoms with Gasteiger partial charge in [-0.2, -0.15) is 0 Å². The second kappa shape index (κ2) is 6.97. The van der Waals surface area contributed by atoms with Gasteiger partial charge in [-0.1, -0.05) is 44.5 Å². The summed E-state index contributed by atoms with van der Waals surface area (Å²) in [5, 5.41) is 3.62. The summed E-state index contributed by atoms with van der Waals surface area (Å²) < 4.78 is 13.4. The maximum Gasteiger partial charge on any atom is 0.142 e. The highest BCUT2D eigenvalue weighted by Crippen LogP contribution is 2.29. The summed E-state index contributed by atoms with van der Waals surface area (Å²) in [6, 6.07) is 5.16. The third-order valence-electron chi connectivity index (χ3n) is 2.84. The number of rotatable bonds is 6. The van der Waals surface area contributed by atoms with Crippen molar-refractivity contribution >= 4 is 11.6 Å². The van der Waals surface area contributed by atoms with Crippen LogP contribution in [0.15, 0.2) is 18.2 Å². The van der Waals surface area contributed by atoms with Crippen LogP contribution in [0.4, 0.5) is 4.39 Å². The minimum Gasteiger partial charge on any atom is -0.310 e. The zero-order valence-corrected chi connectivity index (χ0v) is 11.5. The lowest BCUT2D eigenvalue weighted by Crippen LogP contribution is -2.22. The van der Waals surface area contributed by atoms with E-state index in [9.17, 15) is 4.39 Å². The maximum atomic E-state index is 13.4. The van der Waals surface area contributed by atoms with Crippen LogP contribution < -0.4 is 5.32 Å². The predicted molar refractivity (Wildman–Crippen MR) is 71.9 cm³/mol. The van der Waals surface area contributed by atoms with Crippen molar-refractivity contribution in [2.24, 2.45) is 5.92 Å². The molecule has 0 bridgehead atoms. The molecule has 0 amide bonds. The number of halogens is 2. The first-order valence-corrected chi connectivity index (χ1v) is 6.61. The number of hydrogen-bond acceptors (Lipinski definition) is 1. The van der Waals surface area contributed by atoms with Crippen molar-refractivity contribution in [2.45, 2.75) is 39.7 Å². The van der Waals surface area contributed by atoms with Gasteiger partial charge in [-0.25, -0.2) is 4.39 Å². The zero-order chi connectivity index (χ0) is 12.8. The van der Waals surface area contributed by atoms with Crippen molar-refractivity contribution in [3.63, 3.8) is 0 Å². The molecule has 0 aromatic heterocycles. The minimum absolute atomic E-state index is 0.144. The Hall–Kier alpha value is -0.600. The Bertz CT molecular complexity index is 352. The zero-order valence-electron chi connectivity index (χ0n) is 10.8. The van der Waals surface area contributed by atoms with Crippen molar-refractivity contribution in [1.29, 1.82) is 0 Å². The molecule has 0 fully saturated rings. The molecule has 0 saturated heterocycles. The molecule has 1 unspecified atom stereocenters.